The van der Waals surface area contributed by atoms with Crippen molar-refractivity contribution in [2.75, 3.05) is 19.8 Å². The fourth-order valence-corrected chi connectivity index (χ4v) is 3.61. The Hall–Kier alpha value is -0.460. The van der Waals surface area contributed by atoms with E-state index in [1.54, 1.807) is 0 Å². The van der Waals surface area contributed by atoms with Crippen LogP contribution in [0, 0.1) is 0 Å². The van der Waals surface area contributed by atoms with Gasteiger partial charge in [-0.2, -0.15) is 0 Å². The van der Waals surface area contributed by atoms with Gasteiger partial charge in [-0.15, -0.1) is 0 Å². The molecule has 0 saturated carbocycles. The smallest absolute Gasteiger partial charge is 0.114 e. The Balaban J connectivity index is 1.91. The molecule has 166 valence electrons. The van der Waals surface area contributed by atoms with Crippen molar-refractivity contribution in [2.45, 2.75) is 115 Å². The van der Waals surface area contributed by atoms with Crippen LogP contribution in [0.2, 0.25) is 0 Å². The van der Waals surface area contributed by atoms with Gasteiger partial charge in [0, 0.05) is 6.61 Å². The summed E-state index contributed by atoms with van der Waals surface area (Å²) < 4.78 is 11.0. The molecule has 1 rings (SSSR count). The minimum atomic E-state index is -0.995. The molecule has 1 fully saturated rings. The highest BCUT2D eigenvalue weighted by atomic mass is 16.6. The summed E-state index contributed by atoms with van der Waals surface area (Å²) in [4.78, 5) is 0. The lowest BCUT2D eigenvalue weighted by Gasteiger charge is -2.37. The van der Waals surface area contributed by atoms with Gasteiger partial charge < -0.3 is 24.8 Å². The van der Waals surface area contributed by atoms with E-state index in [1.807, 2.05) is 0 Å². The van der Waals surface area contributed by atoms with Crippen LogP contribution in [-0.2, 0) is 9.47 Å². The number of rotatable bonds is 17. The second kappa shape index (κ2) is 17.4. The monoisotopic (exact) mass is 400 g/mol. The minimum absolute atomic E-state index is 0.0392. The molecule has 0 radical (unpaired) electrons. The predicted octanol–water partition coefficient (Wildman–Crippen LogP) is 4.13. The summed E-state index contributed by atoms with van der Waals surface area (Å²) >= 11 is 0. The van der Waals surface area contributed by atoms with Crippen molar-refractivity contribution in [1.82, 2.24) is 0 Å². The molecule has 0 aromatic rings. The maximum atomic E-state index is 9.99. The van der Waals surface area contributed by atoms with Gasteiger partial charge in [0.15, 0.2) is 0 Å². The second-order valence-corrected chi connectivity index (χ2v) is 8.03. The van der Waals surface area contributed by atoms with Gasteiger partial charge in [0.1, 0.15) is 24.4 Å². The molecule has 3 N–H and O–H groups in total. The highest BCUT2D eigenvalue weighted by Crippen LogP contribution is 2.19. The van der Waals surface area contributed by atoms with Crippen LogP contribution >= 0.6 is 0 Å². The molecular formula is C23H44O5. The molecule has 1 aliphatic rings. The molecule has 0 aromatic carbocycles. The van der Waals surface area contributed by atoms with Gasteiger partial charge in [0.25, 0.3) is 0 Å². The van der Waals surface area contributed by atoms with E-state index < -0.39 is 24.4 Å². The maximum absolute atomic E-state index is 9.99. The van der Waals surface area contributed by atoms with Crippen LogP contribution < -0.4 is 0 Å². The highest BCUT2D eigenvalue weighted by Gasteiger charge is 2.39. The van der Waals surface area contributed by atoms with E-state index in [9.17, 15) is 15.3 Å². The molecule has 1 aliphatic heterocycles. The van der Waals surface area contributed by atoms with Crippen molar-refractivity contribution < 1.29 is 24.8 Å². The van der Waals surface area contributed by atoms with Gasteiger partial charge in [0.2, 0.25) is 0 Å². The number of aliphatic hydroxyl groups is 3. The summed E-state index contributed by atoms with van der Waals surface area (Å²) in [7, 11) is 0. The van der Waals surface area contributed by atoms with Crippen molar-refractivity contribution in [2.24, 2.45) is 0 Å². The Bertz CT molecular complexity index is 372. The summed E-state index contributed by atoms with van der Waals surface area (Å²) in [5.74, 6) is 0. The molecule has 0 aliphatic carbocycles. The van der Waals surface area contributed by atoms with Crippen molar-refractivity contribution in [1.29, 1.82) is 0 Å². The SMILES string of the molecule is CCCCCCCCCC/C=C/CCCCCO[C@@H]1[C@@H](O)[C@H](O)CO[C@H]1CO. The molecule has 0 amide bonds. The van der Waals surface area contributed by atoms with Gasteiger partial charge in [-0.25, -0.2) is 0 Å². The number of unbranched alkanes of at least 4 members (excludes halogenated alkanes) is 11. The molecule has 0 aromatic heterocycles. The number of ether oxygens (including phenoxy) is 2. The summed E-state index contributed by atoms with van der Waals surface area (Å²) in [5, 5.41) is 28.9. The molecule has 5 heteroatoms. The minimum Gasteiger partial charge on any atom is -0.394 e. The lowest BCUT2D eigenvalue weighted by Crippen LogP contribution is -2.55. The highest BCUT2D eigenvalue weighted by molar-refractivity contribution is 4.87. The largest absolute Gasteiger partial charge is 0.394 e. The third-order valence-electron chi connectivity index (χ3n) is 5.47. The molecule has 0 unspecified atom stereocenters. The van der Waals surface area contributed by atoms with E-state index in [4.69, 9.17) is 9.47 Å². The Morgan fingerprint density at radius 2 is 1.43 bits per heavy atom. The van der Waals surface area contributed by atoms with Crippen LogP contribution in [0.1, 0.15) is 90.4 Å². The summed E-state index contributed by atoms with van der Waals surface area (Å²) in [5.41, 5.74) is 0. The summed E-state index contributed by atoms with van der Waals surface area (Å²) in [6.45, 7) is 2.60. The van der Waals surface area contributed by atoms with Crippen molar-refractivity contribution in [3.63, 3.8) is 0 Å². The first kappa shape index (κ1) is 25.6. The van der Waals surface area contributed by atoms with Gasteiger partial charge in [0.05, 0.1) is 13.2 Å². The maximum Gasteiger partial charge on any atom is 0.114 e. The fraction of sp³-hybridized carbons (Fsp3) is 0.913. The summed E-state index contributed by atoms with van der Waals surface area (Å²) in [6, 6.07) is 0. The normalized spacial score (nSPS) is 25.6. The van der Waals surface area contributed by atoms with Gasteiger partial charge in [-0.3, -0.25) is 0 Å². The second-order valence-electron chi connectivity index (χ2n) is 8.03. The average molecular weight is 401 g/mol. The number of aliphatic hydroxyl groups excluding tert-OH is 3. The molecule has 1 heterocycles. The number of hydrogen-bond acceptors (Lipinski definition) is 5. The number of allylic oxidation sites excluding steroid dienone is 2. The Morgan fingerprint density at radius 1 is 0.857 bits per heavy atom. The third-order valence-corrected chi connectivity index (χ3v) is 5.47. The fourth-order valence-electron chi connectivity index (χ4n) is 3.61. The zero-order valence-corrected chi connectivity index (χ0v) is 17.9. The van der Waals surface area contributed by atoms with E-state index in [2.05, 4.69) is 19.1 Å². The van der Waals surface area contributed by atoms with Crippen molar-refractivity contribution >= 4 is 0 Å². The lowest BCUT2D eigenvalue weighted by atomic mass is 10.0. The van der Waals surface area contributed by atoms with Crippen LogP contribution in [0.25, 0.3) is 0 Å². The topological polar surface area (TPSA) is 79.2 Å². The first-order valence-electron chi connectivity index (χ1n) is 11.6. The molecule has 1 saturated heterocycles. The molecule has 5 nitrogen and oxygen atoms in total. The van der Waals surface area contributed by atoms with Gasteiger partial charge in [-0.1, -0.05) is 70.4 Å². The van der Waals surface area contributed by atoms with Crippen LogP contribution in [0.3, 0.4) is 0 Å². The first-order valence-corrected chi connectivity index (χ1v) is 11.6. The van der Waals surface area contributed by atoms with E-state index >= 15 is 0 Å². The Labute approximate surface area is 172 Å². The molecule has 0 bridgehead atoms. The molecule has 0 spiro atoms. The lowest BCUT2D eigenvalue weighted by molar-refractivity contribution is -0.211. The molecule has 28 heavy (non-hydrogen) atoms. The van der Waals surface area contributed by atoms with Crippen molar-refractivity contribution in [3.8, 4) is 0 Å². The van der Waals surface area contributed by atoms with Crippen molar-refractivity contribution in [3.05, 3.63) is 12.2 Å². The Kier molecular flexibility index (Phi) is 15.9. The average Bonchev–Trinajstić information content (AvgIpc) is 2.70. The molecule has 4 atom stereocenters. The first-order chi connectivity index (χ1) is 13.7. The quantitative estimate of drug-likeness (QED) is 0.253. The zero-order valence-electron chi connectivity index (χ0n) is 17.9. The predicted molar refractivity (Wildman–Crippen MR) is 113 cm³/mol. The van der Waals surface area contributed by atoms with E-state index in [-0.39, 0.29) is 13.2 Å². The third kappa shape index (κ3) is 11.5. The van der Waals surface area contributed by atoms with Gasteiger partial charge >= 0.3 is 0 Å². The summed E-state index contributed by atoms with van der Waals surface area (Å²) in [6.07, 6.45) is 17.8. The molecular weight excluding hydrogens is 356 g/mol. The van der Waals surface area contributed by atoms with Gasteiger partial charge in [-0.05, 0) is 32.1 Å². The van der Waals surface area contributed by atoms with Crippen LogP contribution in [0.15, 0.2) is 12.2 Å². The standard InChI is InChI=1S/C23H44O5/c1-2-3-4-5-6-7-8-9-10-11-12-13-14-15-16-17-27-23-21(18-24)28-19-20(25)22(23)26/h11-12,20-26H,2-10,13-19H2,1H3/b12-11+/t20-,21+,22+,23+/m1/s1. The van der Waals surface area contributed by atoms with Crippen LogP contribution in [-0.4, -0.2) is 59.6 Å². The van der Waals surface area contributed by atoms with Crippen LogP contribution in [0.5, 0.6) is 0 Å². The van der Waals surface area contributed by atoms with E-state index in [0.29, 0.717) is 6.61 Å². The van der Waals surface area contributed by atoms with E-state index in [0.717, 1.165) is 25.7 Å². The Morgan fingerprint density at radius 3 is 2.04 bits per heavy atom. The van der Waals surface area contributed by atoms with E-state index in [1.165, 1.54) is 57.8 Å². The zero-order chi connectivity index (χ0) is 20.5. The van der Waals surface area contributed by atoms with Crippen LogP contribution in [0.4, 0.5) is 0 Å². The number of hydrogen-bond donors (Lipinski definition) is 3.